The minimum atomic E-state index is -1.80. The molecule has 3 aliphatic rings. The third-order valence-corrected chi connectivity index (χ3v) is 12.4. The van der Waals surface area contributed by atoms with E-state index in [0.717, 1.165) is 0 Å². The Balaban J connectivity index is 2.19. The quantitative estimate of drug-likeness (QED) is 0.228. The van der Waals surface area contributed by atoms with Crippen LogP contribution in [0.5, 0.6) is 0 Å². The minimum Gasteiger partial charge on any atom is -0.459 e. The zero-order valence-corrected chi connectivity index (χ0v) is 34.9. The molecule has 3 rings (SSSR count). The summed E-state index contributed by atoms with van der Waals surface area (Å²) >= 11 is 0. The molecule has 18 unspecified atom stereocenters. The normalized spacial score (nSPS) is 48.9. The van der Waals surface area contributed by atoms with Crippen LogP contribution >= 0.6 is 0 Å². The number of carbonyl (C=O) groups excluding carboxylic acids is 1. The highest BCUT2D eigenvalue weighted by atomic mass is 16.7. The number of cyclic esters (lactones) is 1. The van der Waals surface area contributed by atoms with Crippen LogP contribution in [0.3, 0.4) is 0 Å². The number of hydrogen-bond donors (Lipinski definition) is 5. The molecule has 0 aromatic heterocycles. The lowest BCUT2D eigenvalue weighted by Crippen LogP contribution is -2.60. The van der Waals surface area contributed by atoms with E-state index in [4.69, 9.17) is 28.4 Å². The Kier molecular flexibility index (Phi) is 16.2. The van der Waals surface area contributed by atoms with Crippen LogP contribution < -0.4 is 0 Å². The Morgan fingerprint density at radius 2 is 1.55 bits per heavy atom. The highest BCUT2D eigenvalue weighted by Gasteiger charge is 2.52. The molecule has 0 radical (unpaired) electrons. The summed E-state index contributed by atoms with van der Waals surface area (Å²) in [4.78, 5) is 18.2. The summed E-state index contributed by atoms with van der Waals surface area (Å²) in [5.74, 6) is -2.58. The summed E-state index contributed by atoms with van der Waals surface area (Å²) in [6, 6.07) is -0.794. The van der Waals surface area contributed by atoms with Gasteiger partial charge in [0.2, 0.25) is 0 Å². The number of aliphatic hydroxyl groups excluding tert-OH is 3. The predicted octanol–water partition coefficient (Wildman–Crippen LogP) is 2.29. The maximum Gasteiger partial charge on any atom is 0.311 e. The number of likely N-dealkylation sites (N-methyl/N-ethyl adjacent to an activating group) is 2. The Morgan fingerprint density at radius 1 is 0.925 bits per heavy atom. The minimum absolute atomic E-state index is 0.134. The van der Waals surface area contributed by atoms with Crippen molar-refractivity contribution in [2.45, 2.75) is 192 Å². The van der Waals surface area contributed by atoms with Gasteiger partial charge in [-0.25, -0.2) is 0 Å². The fraction of sp³-hybridized carbons (Fsp3) is 0.974. The average Bonchev–Trinajstić information content (AvgIpc) is 3.08. The van der Waals surface area contributed by atoms with Gasteiger partial charge in [-0.3, -0.25) is 9.69 Å². The molecule has 14 heteroatoms. The standard InChI is InChI=1S/C39H74N2O12/c1-15-28-39(11,47)32(43)25(7)41(16-2)20-21(3)18-37(9,46)34(53-36-30(42)27(40(12)13)17-22(4)49-36)23(5)31(24(6)35(45)51-28)52-29-19-38(10,48-14)33(44)26(8)50-29/h21-34,36,42-44,46-47H,15-20H2,1-14H3. The van der Waals surface area contributed by atoms with E-state index >= 15 is 0 Å². The summed E-state index contributed by atoms with van der Waals surface area (Å²) in [5.41, 5.74) is -4.38. The molecule has 3 heterocycles. The van der Waals surface area contributed by atoms with Crippen LogP contribution in [0.1, 0.15) is 102 Å². The molecule has 3 fully saturated rings. The van der Waals surface area contributed by atoms with Crippen LogP contribution in [0.25, 0.3) is 0 Å². The molecule has 0 aromatic rings. The van der Waals surface area contributed by atoms with Crippen molar-refractivity contribution in [2.75, 3.05) is 34.3 Å². The van der Waals surface area contributed by atoms with E-state index in [1.54, 1.807) is 34.6 Å². The molecule has 3 saturated heterocycles. The number of hydrogen-bond acceptors (Lipinski definition) is 14. The van der Waals surface area contributed by atoms with E-state index < -0.39 is 96.0 Å². The van der Waals surface area contributed by atoms with Gasteiger partial charge in [-0.15, -0.1) is 0 Å². The fourth-order valence-electron chi connectivity index (χ4n) is 9.02. The smallest absolute Gasteiger partial charge is 0.311 e. The third-order valence-electron chi connectivity index (χ3n) is 12.4. The molecule has 14 nitrogen and oxygen atoms in total. The van der Waals surface area contributed by atoms with Gasteiger partial charge in [-0.05, 0) is 94.3 Å². The molecule has 312 valence electrons. The molecule has 0 spiro atoms. The number of methoxy groups -OCH3 is 1. The van der Waals surface area contributed by atoms with E-state index in [1.165, 1.54) is 14.0 Å². The van der Waals surface area contributed by atoms with Gasteiger partial charge < -0.3 is 58.9 Å². The Morgan fingerprint density at radius 3 is 2.09 bits per heavy atom. The number of esters is 1. The van der Waals surface area contributed by atoms with Gasteiger partial charge in [0, 0.05) is 38.1 Å². The SMILES string of the molecule is CCC1OC(=O)C(C)C(OC2CC(C)(OC)C(O)C(C)O2)C(C)C(OC2OC(C)CC(N(C)C)C2O)C(C)(O)CC(C)CN(CC)C(C)C(O)C1(C)O. The zero-order chi connectivity index (χ0) is 40.4. The fourth-order valence-corrected chi connectivity index (χ4v) is 9.02. The van der Waals surface area contributed by atoms with Crippen molar-refractivity contribution in [1.82, 2.24) is 9.80 Å². The molecular weight excluding hydrogens is 688 g/mol. The lowest BCUT2D eigenvalue weighted by molar-refractivity contribution is -0.318. The highest BCUT2D eigenvalue weighted by molar-refractivity contribution is 5.73. The van der Waals surface area contributed by atoms with Gasteiger partial charge in [0.25, 0.3) is 0 Å². The third kappa shape index (κ3) is 10.5. The number of rotatable bonds is 8. The molecule has 0 bridgehead atoms. The van der Waals surface area contributed by atoms with Crippen LogP contribution in [0, 0.1) is 17.8 Å². The van der Waals surface area contributed by atoms with Gasteiger partial charge in [0.05, 0.1) is 41.5 Å². The van der Waals surface area contributed by atoms with Gasteiger partial charge in [-0.1, -0.05) is 27.7 Å². The van der Waals surface area contributed by atoms with Crippen molar-refractivity contribution >= 4 is 5.97 Å². The summed E-state index contributed by atoms with van der Waals surface area (Å²) in [5, 5.41) is 58.5. The molecule has 0 aromatic carbocycles. The number of aliphatic hydroxyl groups is 5. The van der Waals surface area contributed by atoms with E-state index in [0.29, 0.717) is 19.5 Å². The lowest BCUT2D eigenvalue weighted by atomic mass is 9.77. The van der Waals surface area contributed by atoms with Gasteiger partial charge in [0.1, 0.15) is 30.0 Å². The van der Waals surface area contributed by atoms with Gasteiger partial charge in [-0.2, -0.15) is 0 Å². The Labute approximate surface area is 318 Å². The van der Waals surface area contributed by atoms with Crippen molar-refractivity contribution in [3.05, 3.63) is 0 Å². The molecular formula is C39H74N2O12. The molecule has 0 saturated carbocycles. The van der Waals surface area contributed by atoms with Crippen molar-refractivity contribution in [2.24, 2.45) is 17.8 Å². The van der Waals surface area contributed by atoms with Crippen LogP contribution in [0.15, 0.2) is 0 Å². The summed E-state index contributed by atoms with van der Waals surface area (Å²) < 4.78 is 37.6. The van der Waals surface area contributed by atoms with Crippen LogP contribution in [-0.4, -0.2) is 166 Å². The van der Waals surface area contributed by atoms with Crippen LogP contribution in [-0.2, 0) is 33.2 Å². The van der Waals surface area contributed by atoms with Gasteiger partial charge in [0.15, 0.2) is 12.6 Å². The topological polar surface area (TPSA) is 180 Å². The van der Waals surface area contributed by atoms with Gasteiger partial charge >= 0.3 is 5.97 Å². The molecule has 3 aliphatic heterocycles. The summed E-state index contributed by atoms with van der Waals surface area (Å²) in [7, 11) is 5.29. The Hall–Kier alpha value is -1.01. The molecule has 53 heavy (non-hydrogen) atoms. The van der Waals surface area contributed by atoms with Crippen molar-refractivity contribution < 1.29 is 58.7 Å². The number of carbonyl (C=O) groups is 1. The molecule has 0 aliphatic carbocycles. The first-order chi connectivity index (χ1) is 24.4. The first-order valence-corrected chi connectivity index (χ1v) is 19.7. The molecule has 18 atom stereocenters. The molecule has 0 amide bonds. The summed E-state index contributed by atoms with van der Waals surface area (Å²) in [6.07, 6.45) is -8.18. The van der Waals surface area contributed by atoms with Crippen molar-refractivity contribution in [3.8, 4) is 0 Å². The average molecular weight is 763 g/mol. The first-order valence-electron chi connectivity index (χ1n) is 19.7. The maximum absolute atomic E-state index is 14.3. The van der Waals surface area contributed by atoms with E-state index in [9.17, 15) is 30.3 Å². The maximum atomic E-state index is 14.3. The lowest BCUT2D eigenvalue weighted by Gasteiger charge is -2.48. The first kappa shape index (κ1) is 46.4. The van der Waals surface area contributed by atoms with E-state index in [2.05, 4.69) is 0 Å². The van der Waals surface area contributed by atoms with Crippen molar-refractivity contribution in [3.63, 3.8) is 0 Å². The second-order valence-electron chi connectivity index (χ2n) is 17.3. The number of ether oxygens (including phenoxy) is 6. The van der Waals surface area contributed by atoms with Crippen molar-refractivity contribution in [1.29, 1.82) is 0 Å². The van der Waals surface area contributed by atoms with E-state index in [1.807, 2.05) is 58.5 Å². The Bertz CT molecular complexity index is 1160. The summed E-state index contributed by atoms with van der Waals surface area (Å²) in [6.45, 7) is 20.7. The van der Waals surface area contributed by atoms with Crippen LogP contribution in [0.4, 0.5) is 0 Å². The highest BCUT2D eigenvalue weighted by Crippen LogP contribution is 2.40. The zero-order valence-electron chi connectivity index (χ0n) is 34.9. The largest absolute Gasteiger partial charge is 0.459 e. The second-order valence-corrected chi connectivity index (χ2v) is 17.3. The van der Waals surface area contributed by atoms with Crippen LogP contribution in [0.2, 0.25) is 0 Å². The predicted molar refractivity (Wildman–Crippen MR) is 199 cm³/mol. The van der Waals surface area contributed by atoms with E-state index in [-0.39, 0.29) is 37.3 Å². The second kappa shape index (κ2) is 18.5. The number of nitrogens with zero attached hydrogens (tertiary/aromatic N) is 2. The molecule has 5 N–H and O–H groups in total. The monoisotopic (exact) mass is 763 g/mol.